The molecule has 0 saturated carbocycles. The number of amides is 1. The van der Waals surface area contributed by atoms with Gasteiger partial charge >= 0.3 is 0 Å². The zero-order valence-electron chi connectivity index (χ0n) is 15.5. The Morgan fingerprint density at radius 3 is 2.64 bits per heavy atom. The van der Waals surface area contributed by atoms with E-state index in [-0.39, 0.29) is 18.0 Å². The molecule has 5 nitrogen and oxygen atoms in total. The van der Waals surface area contributed by atoms with Gasteiger partial charge in [0.05, 0.1) is 11.7 Å². The molecule has 3 rings (SSSR count). The Morgan fingerprint density at radius 1 is 1.18 bits per heavy atom. The summed E-state index contributed by atoms with van der Waals surface area (Å²) >= 11 is 0. The van der Waals surface area contributed by atoms with Crippen LogP contribution in [0.1, 0.15) is 24.0 Å². The first-order valence-corrected chi connectivity index (χ1v) is 10.7. The highest BCUT2D eigenvalue weighted by atomic mass is 32.2. The van der Waals surface area contributed by atoms with Crippen molar-refractivity contribution in [2.75, 3.05) is 18.4 Å². The molecule has 28 heavy (non-hydrogen) atoms. The molecule has 1 fully saturated rings. The molecule has 8 heteroatoms. The lowest BCUT2D eigenvalue weighted by Gasteiger charge is -2.31. The summed E-state index contributed by atoms with van der Waals surface area (Å²) in [6.45, 7) is 2.30. The Kier molecular flexibility index (Phi) is 6.10. The molecule has 0 spiro atoms. The molecule has 150 valence electrons. The SMILES string of the molecule is Cc1ccccc1CS(=O)(=O)N1CCC[C@H](C(=O)Nc2ccc(F)c(F)c2)C1. The van der Waals surface area contributed by atoms with Gasteiger partial charge in [-0.05, 0) is 43.0 Å². The van der Waals surface area contributed by atoms with Crippen LogP contribution < -0.4 is 5.32 Å². The maximum absolute atomic E-state index is 13.3. The van der Waals surface area contributed by atoms with Crippen molar-refractivity contribution in [2.45, 2.75) is 25.5 Å². The van der Waals surface area contributed by atoms with Gasteiger partial charge in [-0.15, -0.1) is 0 Å². The molecule has 0 aliphatic carbocycles. The molecule has 1 amide bonds. The van der Waals surface area contributed by atoms with Crippen molar-refractivity contribution in [1.82, 2.24) is 4.31 Å². The van der Waals surface area contributed by atoms with E-state index in [2.05, 4.69) is 5.32 Å². The van der Waals surface area contributed by atoms with Crippen LogP contribution in [-0.2, 0) is 20.6 Å². The fourth-order valence-corrected chi connectivity index (χ4v) is 5.00. The monoisotopic (exact) mass is 408 g/mol. The van der Waals surface area contributed by atoms with E-state index < -0.39 is 33.5 Å². The summed E-state index contributed by atoms with van der Waals surface area (Å²) in [6, 6.07) is 10.4. The van der Waals surface area contributed by atoms with Crippen LogP contribution >= 0.6 is 0 Å². The first-order chi connectivity index (χ1) is 13.3. The van der Waals surface area contributed by atoms with E-state index in [9.17, 15) is 22.0 Å². The molecular formula is C20H22F2N2O3S. The third-order valence-corrected chi connectivity index (χ3v) is 6.73. The molecule has 0 aromatic heterocycles. The van der Waals surface area contributed by atoms with Crippen molar-refractivity contribution in [3.8, 4) is 0 Å². The molecule has 2 aromatic rings. The van der Waals surface area contributed by atoms with E-state index in [1.54, 1.807) is 12.1 Å². The first kappa shape index (κ1) is 20.4. The van der Waals surface area contributed by atoms with E-state index >= 15 is 0 Å². The van der Waals surface area contributed by atoms with Crippen LogP contribution in [0, 0.1) is 24.5 Å². The molecule has 1 atom stereocenters. The smallest absolute Gasteiger partial charge is 0.228 e. The Hall–Kier alpha value is -2.32. The second-order valence-electron chi connectivity index (χ2n) is 7.00. The fraction of sp³-hybridized carbons (Fsp3) is 0.350. The highest BCUT2D eigenvalue weighted by Gasteiger charge is 2.32. The molecule has 1 aliphatic heterocycles. The van der Waals surface area contributed by atoms with Crippen molar-refractivity contribution < 1.29 is 22.0 Å². The van der Waals surface area contributed by atoms with Gasteiger partial charge in [-0.1, -0.05) is 24.3 Å². The quantitative estimate of drug-likeness (QED) is 0.824. The van der Waals surface area contributed by atoms with E-state index in [1.807, 2.05) is 19.1 Å². The molecule has 0 bridgehead atoms. The number of piperidine rings is 1. The largest absolute Gasteiger partial charge is 0.326 e. The van der Waals surface area contributed by atoms with Crippen LogP contribution in [0.5, 0.6) is 0 Å². The molecular weight excluding hydrogens is 386 g/mol. The average molecular weight is 408 g/mol. The molecule has 1 N–H and O–H groups in total. The van der Waals surface area contributed by atoms with E-state index in [0.717, 1.165) is 23.3 Å². The van der Waals surface area contributed by atoms with Gasteiger partial charge < -0.3 is 5.32 Å². The number of hydrogen-bond acceptors (Lipinski definition) is 3. The van der Waals surface area contributed by atoms with Gasteiger partial charge in [0.25, 0.3) is 0 Å². The van der Waals surface area contributed by atoms with Crippen LogP contribution in [0.3, 0.4) is 0 Å². The van der Waals surface area contributed by atoms with Crippen molar-refractivity contribution >= 4 is 21.6 Å². The van der Waals surface area contributed by atoms with Gasteiger partial charge in [0.15, 0.2) is 11.6 Å². The van der Waals surface area contributed by atoms with Crippen LogP contribution in [0.4, 0.5) is 14.5 Å². The fourth-order valence-electron chi connectivity index (χ4n) is 3.29. The van der Waals surface area contributed by atoms with E-state index in [4.69, 9.17) is 0 Å². The summed E-state index contributed by atoms with van der Waals surface area (Å²) in [5.74, 6) is -3.11. The summed E-state index contributed by atoms with van der Waals surface area (Å²) in [5.41, 5.74) is 1.77. The zero-order chi connectivity index (χ0) is 20.3. The number of halogens is 2. The highest BCUT2D eigenvalue weighted by Crippen LogP contribution is 2.24. The number of nitrogens with zero attached hydrogens (tertiary/aromatic N) is 1. The maximum Gasteiger partial charge on any atom is 0.228 e. The number of rotatable bonds is 5. The van der Waals surface area contributed by atoms with Gasteiger partial charge in [-0.25, -0.2) is 21.5 Å². The summed E-state index contributed by atoms with van der Waals surface area (Å²) in [6.07, 6.45) is 1.09. The number of aryl methyl sites for hydroxylation is 1. The number of benzene rings is 2. The van der Waals surface area contributed by atoms with Gasteiger partial charge in [0.1, 0.15) is 0 Å². The van der Waals surface area contributed by atoms with E-state index in [0.29, 0.717) is 19.4 Å². The van der Waals surface area contributed by atoms with Crippen molar-refractivity contribution in [3.63, 3.8) is 0 Å². The number of carbonyl (C=O) groups is 1. The second-order valence-corrected chi connectivity index (χ2v) is 8.97. The van der Waals surface area contributed by atoms with Crippen molar-refractivity contribution in [2.24, 2.45) is 5.92 Å². The minimum Gasteiger partial charge on any atom is -0.326 e. The molecule has 0 radical (unpaired) electrons. The third-order valence-electron chi connectivity index (χ3n) is 4.93. The van der Waals surface area contributed by atoms with E-state index in [1.165, 1.54) is 10.4 Å². The van der Waals surface area contributed by atoms with Crippen molar-refractivity contribution in [1.29, 1.82) is 0 Å². The first-order valence-electron chi connectivity index (χ1n) is 9.04. The molecule has 1 aliphatic rings. The van der Waals surface area contributed by atoms with Gasteiger partial charge in [0.2, 0.25) is 15.9 Å². The third kappa shape index (κ3) is 4.74. The van der Waals surface area contributed by atoms with Crippen LogP contribution in [-0.4, -0.2) is 31.7 Å². The Labute approximate surface area is 163 Å². The summed E-state index contributed by atoms with van der Waals surface area (Å²) < 4.78 is 53.3. The predicted molar refractivity (Wildman–Crippen MR) is 103 cm³/mol. The Morgan fingerprint density at radius 2 is 1.93 bits per heavy atom. The van der Waals surface area contributed by atoms with Gasteiger partial charge in [-0.2, -0.15) is 0 Å². The van der Waals surface area contributed by atoms with Crippen LogP contribution in [0.25, 0.3) is 0 Å². The topological polar surface area (TPSA) is 66.5 Å². The number of anilines is 1. The normalized spacial score (nSPS) is 18.0. The van der Waals surface area contributed by atoms with Gasteiger partial charge in [0, 0.05) is 24.8 Å². The van der Waals surface area contributed by atoms with Crippen molar-refractivity contribution in [3.05, 3.63) is 65.2 Å². The summed E-state index contributed by atoms with van der Waals surface area (Å²) in [5, 5.41) is 2.54. The number of carbonyl (C=O) groups excluding carboxylic acids is 1. The minimum absolute atomic E-state index is 0.0731. The summed E-state index contributed by atoms with van der Waals surface area (Å²) in [4.78, 5) is 12.5. The average Bonchev–Trinajstić information content (AvgIpc) is 2.66. The Balaban J connectivity index is 1.68. The van der Waals surface area contributed by atoms with Crippen LogP contribution in [0.15, 0.2) is 42.5 Å². The number of nitrogens with one attached hydrogen (secondary N) is 1. The standard InChI is InChI=1S/C20H22F2N2O3S/c1-14-5-2-3-6-16(14)13-28(26,27)24-10-4-7-15(12-24)20(25)23-17-8-9-18(21)19(22)11-17/h2-3,5-6,8-9,11,15H,4,7,10,12-13H2,1H3,(H,23,25)/t15-/m0/s1. The molecule has 1 saturated heterocycles. The molecule has 0 unspecified atom stereocenters. The highest BCUT2D eigenvalue weighted by molar-refractivity contribution is 7.88. The van der Waals surface area contributed by atoms with Crippen LogP contribution in [0.2, 0.25) is 0 Å². The zero-order valence-corrected chi connectivity index (χ0v) is 16.3. The summed E-state index contributed by atoms with van der Waals surface area (Å²) in [7, 11) is -3.57. The molecule has 1 heterocycles. The number of sulfonamides is 1. The predicted octanol–water partition coefficient (Wildman–Crippen LogP) is 3.45. The maximum atomic E-state index is 13.3. The molecule has 2 aromatic carbocycles. The minimum atomic E-state index is -3.57. The second kappa shape index (κ2) is 8.36. The Bertz CT molecular complexity index is 979. The lowest BCUT2D eigenvalue weighted by atomic mass is 9.98. The number of hydrogen-bond donors (Lipinski definition) is 1. The van der Waals surface area contributed by atoms with Gasteiger partial charge in [-0.3, -0.25) is 4.79 Å². The lowest BCUT2D eigenvalue weighted by molar-refractivity contribution is -0.120. The lowest BCUT2D eigenvalue weighted by Crippen LogP contribution is -2.44.